The second-order valence-electron chi connectivity index (χ2n) is 1.89. The van der Waals surface area contributed by atoms with Crippen molar-refractivity contribution >= 4 is 0 Å². The minimum absolute atomic E-state index is 0.0556. The van der Waals surface area contributed by atoms with E-state index in [4.69, 9.17) is 0 Å². The average molecular weight is 116 g/mol. The molecule has 0 radical (unpaired) electrons. The Morgan fingerprint density at radius 3 is 2.25 bits per heavy atom. The summed E-state index contributed by atoms with van der Waals surface area (Å²) in [5, 5.41) is 0. The summed E-state index contributed by atoms with van der Waals surface area (Å²) in [7, 11) is 0. The largest absolute Gasteiger partial charge is 0.259 e. The Morgan fingerprint density at radius 2 is 2.00 bits per heavy atom. The highest BCUT2D eigenvalue weighted by molar-refractivity contribution is 5.06. The highest BCUT2D eigenvalue weighted by Gasteiger charge is 2.28. The van der Waals surface area contributed by atoms with Crippen LogP contribution in [0.2, 0.25) is 0 Å². The molecule has 0 aromatic carbocycles. The van der Waals surface area contributed by atoms with Gasteiger partial charge in [-0.1, -0.05) is 5.92 Å². The summed E-state index contributed by atoms with van der Waals surface area (Å²) in [5.74, 6) is 2.49. The van der Waals surface area contributed by atoms with E-state index in [0.717, 1.165) is 0 Å². The Hall–Kier alpha value is -0.580. The molecule has 0 atom stereocenters. The van der Waals surface area contributed by atoms with E-state index in [-0.39, 0.29) is 12.8 Å². The molecule has 0 aromatic heterocycles. The van der Waals surface area contributed by atoms with Gasteiger partial charge in [0.05, 0.1) is 6.42 Å². The lowest BCUT2D eigenvalue weighted by atomic mass is 10.1. The van der Waals surface area contributed by atoms with Crippen LogP contribution >= 0.6 is 0 Å². The van der Waals surface area contributed by atoms with Crippen molar-refractivity contribution in [3.8, 4) is 11.8 Å². The lowest BCUT2D eigenvalue weighted by Crippen LogP contribution is -2.16. The van der Waals surface area contributed by atoms with E-state index in [2.05, 4.69) is 11.8 Å². The topological polar surface area (TPSA) is 0 Å². The smallest absolute Gasteiger partial charge is 0.206 e. The minimum Gasteiger partial charge on any atom is -0.206 e. The van der Waals surface area contributed by atoms with E-state index in [1.165, 1.54) is 0 Å². The molecule has 0 saturated heterocycles. The van der Waals surface area contributed by atoms with Crippen LogP contribution in [0, 0.1) is 11.8 Å². The fourth-order valence-corrected chi connectivity index (χ4v) is 0.614. The molecule has 0 saturated carbocycles. The number of alkyl halides is 2. The summed E-state index contributed by atoms with van der Waals surface area (Å²) in [5.41, 5.74) is 0. The second kappa shape index (κ2) is 1.74. The van der Waals surface area contributed by atoms with Gasteiger partial charge >= 0.3 is 0 Å². The van der Waals surface area contributed by atoms with E-state index in [1.54, 1.807) is 0 Å². The van der Waals surface area contributed by atoms with Gasteiger partial charge < -0.3 is 0 Å². The Bertz CT molecular complexity index is 138. The zero-order valence-corrected chi connectivity index (χ0v) is 4.38. The summed E-state index contributed by atoms with van der Waals surface area (Å²) in [6.45, 7) is 0. The normalized spacial score (nSPS) is 23.8. The van der Waals surface area contributed by atoms with Crippen molar-refractivity contribution in [2.45, 2.75) is 25.2 Å². The fourth-order valence-electron chi connectivity index (χ4n) is 0.614. The molecule has 0 aromatic rings. The van der Waals surface area contributed by atoms with Crippen LogP contribution in [0.3, 0.4) is 0 Å². The van der Waals surface area contributed by atoms with Crippen molar-refractivity contribution in [2.24, 2.45) is 0 Å². The molecule has 0 amide bonds. The second-order valence-corrected chi connectivity index (χ2v) is 1.89. The Morgan fingerprint density at radius 1 is 1.25 bits per heavy atom. The van der Waals surface area contributed by atoms with Crippen LogP contribution in [0.4, 0.5) is 8.78 Å². The van der Waals surface area contributed by atoms with Crippen molar-refractivity contribution in [3.63, 3.8) is 0 Å². The molecule has 1 rings (SSSR count). The molecule has 8 heavy (non-hydrogen) atoms. The molecule has 1 aliphatic rings. The first-order valence-corrected chi connectivity index (χ1v) is 2.54. The first-order valence-electron chi connectivity index (χ1n) is 2.54. The summed E-state index contributed by atoms with van der Waals surface area (Å²) >= 11 is 0. The molecule has 0 unspecified atom stereocenters. The summed E-state index contributed by atoms with van der Waals surface area (Å²) in [4.78, 5) is 0. The van der Waals surface area contributed by atoms with Gasteiger partial charge in [-0.05, 0) is 0 Å². The average Bonchev–Trinajstić information content (AvgIpc) is 1.65. The molecular weight excluding hydrogens is 110 g/mol. The van der Waals surface area contributed by atoms with Crippen LogP contribution in [-0.2, 0) is 0 Å². The highest BCUT2D eigenvalue weighted by Crippen LogP contribution is 2.25. The molecule has 0 N–H and O–H groups in total. The first-order chi connectivity index (χ1) is 3.71. The van der Waals surface area contributed by atoms with E-state index in [9.17, 15) is 8.78 Å². The molecule has 0 fully saturated rings. The molecule has 0 aliphatic heterocycles. The number of hydrogen-bond donors (Lipinski definition) is 0. The predicted molar refractivity (Wildman–Crippen MR) is 26.6 cm³/mol. The van der Waals surface area contributed by atoms with Gasteiger partial charge in [-0.3, -0.25) is 0 Å². The van der Waals surface area contributed by atoms with Gasteiger partial charge in [-0.2, -0.15) is 0 Å². The van der Waals surface area contributed by atoms with Gasteiger partial charge in [-0.25, -0.2) is 8.78 Å². The predicted octanol–water partition coefficient (Wildman–Crippen LogP) is 1.81. The lowest BCUT2D eigenvalue weighted by Gasteiger charge is -2.12. The van der Waals surface area contributed by atoms with E-state index >= 15 is 0 Å². The maximum Gasteiger partial charge on any atom is 0.259 e. The van der Waals surface area contributed by atoms with Gasteiger partial charge in [0.15, 0.2) is 0 Å². The number of hydrogen-bond acceptors (Lipinski definition) is 0. The molecule has 1 aliphatic carbocycles. The van der Waals surface area contributed by atoms with Gasteiger partial charge in [0.1, 0.15) is 0 Å². The standard InChI is InChI=1S/C6H6F2/c7-6(8)4-2-1-3-5-6/h2,4-5H2. The maximum atomic E-state index is 12.1. The summed E-state index contributed by atoms with van der Waals surface area (Å²) in [6.07, 6.45) is 0.0556. The zero-order valence-electron chi connectivity index (χ0n) is 4.38. The summed E-state index contributed by atoms with van der Waals surface area (Å²) < 4.78 is 24.2. The third-order valence-corrected chi connectivity index (χ3v) is 1.09. The van der Waals surface area contributed by atoms with E-state index in [0.29, 0.717) is 6.42 Å². The molecule has 0 nitrogen and oxygen atoms in total. The van der Waals surface area contributed by atoms with E-state index in [1.807, 2.05) is 0 Å². The van der Waals surface area contributed by atoms with Crippen LogP contribution in [0.15, 0.2) is 0 Å². The van der Waals surface area contributed by atoms with Gasteiger partial charge in [-0.15, -0.1) is 5.92 Å². The van der Waals surface area contributed by atoms with E-state index < -0.39 is 5.92 Å². The molecule has 0 spiro atoms. The Labute approximate surface area is 46.9 Å². The number of rotatable bonds is 0. The monoisotopic (exact) mass is 116 g/mol. The van der Waals surface area contributed by atoms with Crippen molar-refractivity contribution in [1.29, 1.82) is 0 Å². The SMILES string of the molecule is FC1(F)CC#CCC1. The van der Waals surface area contributed by atoms with Gasteiger partial charge in [0.25, 0.3) is 5.92 Å². The van der Waals surface area contributed by atoms with Crippen molar-refractivity contribution < 1.29 is 8.78 Å². The number of halogens is 2. The zero-order chi connectivity index (χ0) is 6.04. The van der Waals surface area contributed by atoms with Crippen molar-refractivity contribution in [3.05, 3.63) is 0 Å². The first kappa shape index (κ1) is 5.55. The highest BCUT2D eigenvalue weighted by atomic mass is 19.3. The van der Waals surface area contributed by atoms with Crippen molar-refractivity contribution in [1.82, 2.24) is 0 Å². The quantitative estimate of drug-likeness (QED) is 0.423. The molecule has 44 valence electrons. The van der Waals surface area contributed by atoms with Crippen LogP contribution in [0.25, 0.3) is 0 Å². The Balaban J connectivity index is 2.56. The van der Waals surface area contributed by atoms with Gasteiger partial charge in [0, 0.05) is 12.8 Å². The van der Waals surface area contributed by atoms with Crippen LogP contribution in [-0.4, -0.2) is 5.92 Å². The third kappa shape index (κ3) is 1.19. The molecule has 0 bridgehead atoms. The Kier molecular flexibility index (Phi) is 1.21. The molecule has 0 heterocycles. The lowest BCUT2D eigenvalue weighted by molar-refractivity contribution is -0.00307. The molecular formula is C6H6F2. The fraction of sp³-hybridized carbons (Fsp3) is 0.667. The van der Waals surface area contributed by atoms with Crippen LogP contribution in [0.1, 0.15) is 19.3 Å². The van der Waals surface area contributed by atoms with Crippen LogP contribution in [0.5, 0.6) is 0 Å². The van der Waals surface area contributed by atoms with Crippen LogP contribution < -0.4 is 0 Å². The van der Waals surface area contributed by atoms with Gasteiger partial charge in [0.2, 0.25) is 0 Å². The summed E-state index contributed by atoms with van der Waals surface area (Å²) in [6, 6.07) is 0. The maximum absolute atomic E-state index is 12.1. The molecule has 2 heteroatoms. The van der Waals surface area contributed by atoms with Crippen molar-refractivity contribution in [2.75, 3.05) is 0 Å². The minimum atomic E-state index is -2.49. The third-order valence-electron chi connectivity index (χ3n) is 1.09.